The van der Waals surface area contributed by atoms with Gasteiger partial charge in [-0.3, -0.25) is 39.1 Å². The SMILES string of the molecule is CCOc1ncc(C(=O)O)c2nc(C)c(C(N)=O)c(-c3ccc(C#N)cc3OC)c12.CCOc1ncc(C)c2nc(C)c(C(N)=O)c(-c3ccc(C#N)cc3OC)c12.CCOc1ncc(C)c2nc(C)c(C(N)=O)c(-c3ccc(C#N)cc3OC)c12.CCOc1ncc(CO)c2nc(C)c(C(N)=O)c(-c3ccc(C#N)cc3OC)c12. The number of primary amides is 4. The van der Waals surface area contributed by atoms with Gasteiger partial charge in [-0.25, -0.2) is 24.7 Å². The van der Waals surface area contributed by atoms with Crippen molar-refractivity contribution < 1.29 is 72.1 Å². The van der Waals surface area contributed by atoms with Crippen LogP contribution in [-0.2, 0) is 6.61 Å². The molecule has 0 atom stereocenters. The van der Waals surface area contributed by atoms with E-state index in [1.54, 1.807) is 114 Å². The number of amides is 4. The van der Waals surface area contributed by atoms with Crippen LogP contribution in [0, 0.1) is 86.9 Å². The lowest BCUT2D eigenvalue weighted by atomic mass is 9.92. The van der Waals surface area contributed by atoms with Gasteiger partial charge in [-0.2, -0.15) is 21.0 Å². The first kappa shape index (κ1) is 83.8. The van der Waals surface area contributed by atoms with E-state index in [1.807, 2.05) is 40.7 Å². The topological polar surface area (TPSA) is 502 Å². The lowest BCUT2D eigenvalue weighted by Crippen LogP contribution is -2.17. The van der Waals surface area contributed by atoms with Crippen LogP contribution in [0.25, 0.3) is 88.1 Å². The van der Waals surface area contributed by atoms with Crippen LogP contribution in [0.3, 0.4) is 0 Å². The molecule has 584 valence electrons. The molecular formula is C84H78N16O15. The summed E-state index contributed by atoms with van der Waals surface area (Å²) in [5, 5.41) is 58.1. The Bertz CT molecular complexity index is 5940. The largest absolute Gasteiger partial charge is 0.496 e. The molecule has 31 nitrogen and oxygen atoms in total. The predicted molar refractivity (Wildman–Crippen MR) is 425 cm³/mol. The summed E-state index contributed by atoms with van der Waals surface area (Å²) >= 11 is 0. The van der Waals surface area contributed by atoms with E-state index < -0.39 is 29.6 Å². The minimum Gasteiger partial charge on any atom is -0.496 e. The van der Waals surface area contributed by atoms with Crippen LogP contribution >= 0.6 is 0 Å². The summed E-state index contributed by atoms with van der Waals surface area (Å²) in [6.45, 7) is 18.8. The number of aliphatic hydroxyl groups excluding tert-OH is 1. The summed E-state index contributed by atoms with van der Waals surface area (Å²) in [4.78, 5) is 96.6. The molecule has 0 aliphatic carbocycles. The van der Waals surface area contributed by atoms with Crippen molar-refractivity contribution in [2.75, 3.05) is 54.9 Å². The number of nitriles is 4. The standard InChI is InChI=1S/C21H18N4O5.C21H20N4O4.2C21H20N4O3/c1-4-30-20-17-16(12-6-5-11(8-22)7-14(12)29-3)15(19(23)26)10(2)25-18(17)13(9-24-20)21(27)28;1-4-29-21-18-17(14-6-5-12(8-22)7-15(14)28-3)16(20(23)27)11(2)25-19(18)13(10-26)9-24-21;2*1-5-28-21-18-17(14-7-6-13(9-22)8-15(14)27-4)16(20(23)26)12(3)25-19(18)11(2)10-24-21/h5-7,9H,4H2,1-3H3,(H2,23,26)(H,27,28);5-7,9,26H,4,10H2,1-3H3,(H2,23,27);2*6-8,10H,5H2,1-4H3,(H2,23,26). The van der Waals surface area contributed by atoms with Gasteiger partial charge in [-0.15, -0.1) is 0 Å². The van der Waals surface area contributed by atoms with E-state index in [1.165, 1.54) is 40.7 Å². The Balaban J connectivity index is 0.000000175. The predicted octanol–water partition coefficient (Wildman–Crippen LogP) is 11.7. The highest BCUT2D eigenvalue weighted by atomic mass is 16.5. The zero-order valence-corrected chi connectivity index (χ0v) is 65.2. The molecule has 0 fully saturated rings. The molecule has 12 aromatic rings. The fraction of sp³-hybridized carbons (Fsp3) is 0.226. The monoisotopic (exact) mass is 1550 g/mol. The summed E-state index contributed by atoms with van der Waals surface area (Å²) in [6, 6.07) is 27.8. The number of hydrogen-bond acceptors (Lipinski definition) is 26. The average Bonchev–Trinajstić information content (AvgIpc) is 0.750. The number of carbonyl (C=O) groups is 5. The Morgan fingerprint density at radius 3 is 0.887 bits per heavy atom. The number of methoxy groups -OCH3 is 4. The molecule has 10 N–H and O–H groups in total. The van der Waals surface area contributed by atoms with E-state index in [0.717, 1.165) is 17.3 Å². The number of carboxylic acids is 1. The van der Waals surface area contributed by atoms with Gasteiger partial charge in [0.15, 0.2) is 0 Å². The molecule has 0 saturated carbocycles. The highest BCUT2D eigenvalue weighted by Crippen LogP contribution is 2.48. The molecule has 0 saturated heterocycles. The third-order valence-corrected chi connectivity index (χ3v) is 18.0. The van der Waals surface area contributed by atoms with Gasteiger partial charge in [0, 0.05) is 74.9 Å². The molecule has 12 rings (SSSR count). The molecule has 0 aliphatic heterocycles. The normalized spacial score (nSPS) is 10.5. The number of nitrogens with two attached hydrogens (primary N) is 4. The number of hydrogen-bond donors (Lipinski definition) is 6. The number of carboxylic acid groups (broad SMARTS) is 1. The molecule has 0 aliphatic rings. The minimum absolute atomic E-state index is 0.0794. The van der Waals surface area contributed by atoms with E-state index in [4.69, 9.17) is 60.8 Å². The van der Waals surface area contributed by atoms with Crippen molar-refractivity contribution in [3.05, 3.63) is 187 Å². The summed E-state index contributed by atoms with van der Waals surface area (Å²) in [7, 11) is 5.91. The molecule has 4 aromatic carbocycles. The Morgan fingerprint density at radius 2 is 0.635 bits per heavy atom. The lowest BCUT2D eigenvalue weighted by Gasteiger charge is -2.19. The number of aromatic nitrogens is 8. The Hall–Kier alpha value is -15.2. The molecule has 31 heteroatoms. The Kier molecular flexibility index (Phi) is 26.6. The highest BCUT2D eigenvalue weighted by molar-refractivity contribution is 6.17. The van der Waals surface area contributed by atoms with E-state index in [9.17, 15) is 55.2 Å². The van der Waals surface area contributed by atoms with Crippen molar-refractivity contribution in [3.8, 4) is 115 Å². The molecule has 0 unspecified atom stereocenters. The summed E-state index contributed by atoms with van der Waals surface area (Å²) in [5.74, 6) is -1.23. The number of benzene rings is 4. The number of aromatic carboxylic acids is 1. The molecule has 8 heterocycles. The van der Waals surface area contributed by atoms with Crippen LogP contribution in [0.5, 0.6) is 46.5 Å². The maximum absolute atomic E-state index is 12.4. The fourth-order valence-electron chi connectivity index (χ4n) is 13.1. The van der Waals surface area contributed by atoms with Gasteiger partial charge in [0.2, 0.25) is 23.5 Å². The number of carbonyl (C=O) groups excluding carboxylic acids is 4. The molecule has 0 bridgehead atoms. The van der Waals surface area contributed by atoms with Crippen molar-refractivity contribution in [3.63, 3.8) is 0 Å². The van der Waals surface area contributed by atoms with Gasteiger partial charge in [0.1, 0.15) is 28.6 Å². The fourth-order valence-corrected chi connectivity index (χ4v) is 13.1. The third-order valence-electron chi connectivity index (χ3n) is 18.0. The number of pyridine rings is 8. The maximum Gasteiger partial charge on any atom is 0.339 e. The lowest BCUT2D eigenvalue weighted by molar-refractivity contribution is 0.0697. The van der Waals surface area contributed by atoms with Gasteiger partial charge >= 0.3 is 5.97 Å². The second-order valence-electron chi connectivity index (χ2n) is 25.0. The van der Waals surface area contributed by atoms with E-state index in [0.29, 0.717) is 171 Å². The Labute approximate surface area is 659 Å². The van der Waals surface area contributed by atoms with E-state index in [-0.39, 0.29) is 75.0 Å². The van der Waals surface area contributed by atoms with Crippen LogP contribution in [0.2, 0.25) is 0 Å². The minimum atomic E-state index is -1.23. The first-order valence-corrected chi connectivity index (χ1v) is 35.3. The van der Waals surface area contributed by atoms with Crippen LogP contribution in [-0.4, -0.2) is 135 Å². The van der Waals surface area contributed by atoms with Crippen LogP contribution < -0.4 is 60.8 Å². The third kappa shape index (κ3) is 16.8. The van der Waals surface area contributed by atoms with Crippen LogP contribution in [0.1, 0.15) is 141 Å². The second kappa shape index (κ2) is 36.5. The van der Waals surface area contributed by atoms with Crippen molar-refractivity contribution in [2.45, 2.75) is 75.8 Å². The second-order valence-corrected chi connectivity index (χ2v) is 25.0. The number of aliphatic hydroxyl groups is 1. The molecular weight excluding hydrogens is 1470 g/mol. The molecule has 0 spiro atoms. The van der Waals surface area contributed by atoms with Crippen molar-refractivity contribution in [1.29, 1.82) is 21.0 Å². The van der Waals surface area contributed by atoms with Gasteiger partial charge < -0.3 is 71.0 Å². The zero-order chi connectivity index (χ0) is 84.0. The van der Waals surface area contributed by atoms with Gasteiger partial charge in [0.05, 0.1) is 197 Å². The first-order valence-electron chi connectivity index (χ1n) is 35.3. The zero-order valence-electron chi connectivity index (χ0n) is 65.2. The van der Waals surface area contributed by atoms with Gasteiger partial charge in [0.25, 0.3) is 23.6 Å². The maximum atomic E-state index is 12.4. The number of nitrogens with zero attached hydrogens (tertiary/aromatic N) is 12. The van der Waals surface area contributed by atoms with Crippen molar-refractivity contribution in [2.24, 2.45) is 22.9 Å². The van der Waals surface area contributed by atoms with Crippen LogP contribution in [0.15, 0.2) is 97.6 Å². The smallest absolute Gasteiger partial charge is 0.339 e. The van der Waals surface area contributed by atoms with E-state index >= 15 is 0 Å². The first-order chi connectivity index (χ1) is 55.1. The van der Waals surface area contributed by atoms with Gasteiger partial charge in [-0.1, -0.05) is 0 Å². The van der Waals surface area contributed by atoms with Crippen molar-refractivity contribution in [1.82, 2.24) is 39.9 Å². The Morgan fingerprint density at radius 1 is 0.383 bits per heavy atom. The summed E-state index contributed by atoms with van der Waals surface area (Å²) in [6.07, 6.45) is 6.02. The number of aryl methyl sites for hydroxylation is 6. The van der Waals surface area contributed by atoms with Gasteiger partial charge in [-0.05, 0) is 153 Å². The molecule has 0 radical (unpaired) electrons. The summed E-state index contributed by atoms with van der Waals surface area (Å²) < 4.78 is 44.7. The average molecular weight is 1550 g/mol. The van der Waals surface area contributed by atoms with Crippen molar-refractivity contribution >= 4 is 73.2 Å². The van der Waals surface area contributed by atoms with Crippen LogP contribution in [0.4, 0.5) is 0 Å². The molecule has 4 amide bonds. The quantitative estimate of drug-likeness (QED) is 0.0367. The number of ether oxygens (including phenoxy) is 8. The molecule has 8 aromatic heterocycles. The number of rotatable bonds is 22. The molecule has 115 heavy (non-hydrogen) atoms. The van der Waals surface area contributed by atoms with E-state index in [2.05, 4.69) is 58.1 Å². The highest BCUT2D eigenvalue weighted by Gasteiger charge is 2.32. The number of fused-ring (bicyclic) bond motifs is 4. The summed E-state index contributed by atoms with van der Waals surface area (Å²) in [5.41, 5.74) is 34.8.